The Balaban J connectivity index is 1.12. The molecule has 2 heterocycles. The molecular weight excluding hydrogens is 460 g/mol. The molecule has 0 spiro atoms. The van der Waals surface area contributed by atoms with Gasteiger partial charge in [-0.3, -0.25) is 14.5 Å². The molecule has 2 fully saturated rings. The summed E-state index contributed by atoms with van der Waals surface area (Å²) in [7, 11) is -3.73. The third kappa shape index (κ3) is 4.49. The molecule has 0 bridgehead atoms. The van der Waals surface area contributed by atoms with Crippen LogP contribution in [0.25, 0.3) is 10.8 Å². The number of fused-ring (bicyclic) bond motifs is 1. The smallest absolute Gasteiger partial charge is 0.263 e. The van der Waals surface area contributed by atoms with Gasteiger partial charge in [0.15, 0.2) is 0 Å². The first-order chi connectivity index (χ1) is 17.0. The highest BCUT2D eigenvalue weighted by Crippen LogP contribution is 2.48. The number of nitrogens with one attached hydrogen (secondary N) is 2. The summed E-state index contributed by atoms with van der Waals surface area (Å²) in [6.07, 6.45) is 8.47. The second-order valence-electron chi connectivity index (χ2n) is 9.27. The molecule has 0 unspecified atom stereocenters. The molecule has 2 aliphatic rings. The van der Waals surface area contributed by atoms with Gasteiger partial charge in [-0.2, -0.15) is 0 Å². The van der Waals surface area contributed by atoms with Gasteiger partial charge in [0.2, 0.25) is 5.91 Å². The average molecular weight is 485 g/mol. The third-order valence-electron chi connectivity index (χ3n) is 6.73. The van der Waals surface area contributed by atoms with Crippen LogP contribution in [0.2, 0.25) is 0 Å². The largest absolute Gasteiger partial charge is 0.326 e. The van der Waals surface area contributed by atoms with E-state index in [1.54, 1.807) is 42.5 Å². The van der Waals surface area contributed by atoms with Gasteiger partial charge in [-0.1, -0.05) is 24.3 Å². The van der Waals surface area contributed by atoms with E-state index in [-0.39, 0.29) is 28.5 Å². The van der Waals surface area contributed by atoms with Gasteiger partial charge in [-0.25, -0.2) is 13.4 Å². The predicted octanol–water partition coefficient (Wildman–Crippen LogP) is 5.05. The number of pyridine rings is 2. The van der Waals surface area contributed by atoms with Crippen molar-refractivity contribution in [3.8, 4) is 0 Å². The van der Waals surface area contributed by atoms with E-state index < -0.39 is 10.0 Å². The van der Waals surface area contributed by atoms with Crippen LogP contribution in [0.3, 0.4) is 0 Å². The normalized spacial score (nSPS) is 19.3. The lowest BCUT2D eigenvalue weighted by Gasteiger charge is -2.10. The molecule has 8 heteroatoms. The highest BCUT2D eigenvalue weighted by Gasteiger charge is 2.44. The summed E-state index contributed by atoms with van der Waals surface area (Å²) in [5, 5.41) is 5.32. The number of rotatable bonds is 7. The van der Waals surface area contributed by atoms with Crippen molar-refractivity contribution in [2.75, 3.05) is 10.0 Å². The molecule has 2 aromatic carbocycles. The van der Waals surface area contributed by atoms with E-state index in [1.807, 2.05) is 30.6 Å². The zero-order valence-corrected chi connectivity index (χ0v) is 19.7. The minimum atomic E-state index is -3.73. The van der Waals surface area contributed by atoms with Gasteiger partial charge in [0.1, 0.15) is 5.82 Å². The van der Waals surface area contributed by atoms with E-state index in [0.29, 0.717) is 5.92 Å². The average Bonchev–Trinajstić information content (AvgIpc) is 3.78. The van der Waals surface area contributed by atoms with Crippen LogP contribution in [-0.4, -0.2) is 24.3 Å². The van der Waals surface area contributed by atoms with E-state index in [4.69, 9.17) is 0 Å². The molecule has 35 heavy (non-hydrogen) atoms. The highest BCUT2D eigenvalue weighted by atomic mass is 32.2. The molecule has 2 aliphatic carbocycles. The minimum absolute atomic E-state index is 0.00936. The van der Waals surface area contributed by atoms with Gasteiger partial charge in [0.05, 0.1) is 4.90 Å². The molecule has 0 aliphatic heterocycles. The first-order valence-corrected chi connectivity index (χ1v) is 13.2. The highest BCUT2D eigenvalue weighted by molar-refractivity contribution is 7.92. The summed E-state index contributed by atoms with van der Waals surface area (Å²) in [4.78, 5) is 21.4. The Morgan fingerprint density at radius 1 is 0.971 bits per heavy atom. The van der Waals surface area contributed by atoms with Crippen LogP contribution in [-0.2, 0) is 14.8 Å². The zero-order chi connectivity index (χ0) is 24.0. The fourth-order valence-electron chi connectivity index (χ4n) is 4.59. The Bertz CT molecular complexity index is 1520. The van der Waals surface area contributed by atoms with E-state index >= 15 is 0 Å². The van der Waals surface area contributed by atoms with E-state index in [2.05, 4.69) is 20.0 Å². The Kier molecular flexibility index (Phi) is 5.25. The second-order valence-corrected chi connectivity index (χ2v) is 10.9. The van der Waals surface area contributed by atoms with Gasteiger partial charge in [0, 0.05) is 35.6 Å². The van der Waals surface area contributed by atoms with Crippen LogP contribution in [0.5, 0.6) is 0 Å². The first kappa shape index (κ1) is 21.7. The summed E-state index contributed by atoms with van der Waals surface area (Å²) in [6.45, 7) is 0. The fraction of sp³-hybridized carbons (Fsp3) is 0.222. The maximum Gasteiger partial charge on any atom is 0.263 e. The lowest BCUT2D eigenvalue weighted by atomic mass is 10.0. The van der Waals surface area contributed by atoms with Crippen LogP contribution < -0.4 is 10.0 Å². The van der Waals surface area contributed by atoms with E-state index in [9.17, 15) is 13.2 Å². The number of sulfonamides is 1. The Labute approximate surface area is 203 Å². The molecule has 0 saturated heterocycles. The van der Waals surface area contributed by atoms with Gasteiger partial charge in [-0.15, -0.1) is 0 Å². The van der Waals surface area contributed by atoms with Crippen LogP contribution in [0.4, 0.5) is 11.5 Å². The van der Waals surface area contributed by atoms with E-state index in [0.717, 1.165) is 28.4 Å². The molecule has 0 radical (unpaired) electrons. The third-order valence-corrected chi connectivity index (χ3v) is 8.10. The summed E-state index contributed by atoms with van der Waals surface area (Å²) in [5.74, 6) is 0.799. The summed E-state index contributed by atoms with van der Waals surface area (Å²) >= 11 is 0. The monoisotopic (exact) mass is 484 g/mol. The number of nitrogens with zero attached hydrogens (tertiary/aromatic N) is 2. The molecule has 2 N–H and O–H groups in total. The number of hydrogen-bond acceptors (Lipinski definition) is 5. The molecular formula is C27H24N4O3S. The number of amides is 1. The lowest BCUT2D eigenvalue weighted by molar-refractivity contribution is -0.117. The number of hydrogen-bond donors (Lipinski definition) is 2. The molecule has 176 valence electrons. The number of benzene rings is 2. The van der Waals surface area contributed by atoms with Gasteiger partial charge >= 0.3 is 0 Å². The van der Waals surface area contributed by atoms with Crippen LogP contribution in [0.1, 0.15) is 42.2 Å². The van der Waals surface area contributed by atoms with Crippen molar-refractivity contribution in [3.05, 3.63) is 90.4 Å². The van der Waals surface area contributed by atoms with Crippen LogP contribution in [0.15, 0.2) is 84.1 Å². The molecule has 2 atom stereocenters. The Hall–Kier alpha value is -3.78. The van der Waals surface area contributed by atoms with Gasteiger partial charge in [-0.05, 0) is 84.0 Å². The second kappa shape index (κ2) is 8.46. The quantitative estimate of drug-likeness (QED) is 0.382. The first-order valence-electron chi connectivity index (χ1n) is 11.7. The summed E-state index contributed by atoms with van der Waals surface area (Å²) in [6, 6.07) is 17.7. The molecule has 7 nitrogen and oxygen atoms in total. The zero-order valence-electron chi connectivity index (χ0n) is 18.9. The molecule has 4 aromatic rings. The van der Waals surface area contributed by atoms with Crippen molar-refractivity contribution in [2.24, 2.45) is 5.92 Å². The van der Waals surface area contributed by atoms with E-state index in [1.165, 1.54) is 24.6 Å². The molecule has 1 amide bonds. The number of carbonyl (C=O) groups excluding carboxylic acids is 1. The number of anilines is 2. The van der Waals surface area contributed by atoms with Crippen molar-refractivity contribution >= 4 is 38.2 Å². The standard InChI is InChI=1S/C27H24N4O3S/c32-27(30-20-9-6-19-15-28-16-25(18-4-5-18)22(19)13-20)24-14-23(24)17-7-10-21(11-8-17)35(33,34)31-26-3-1-2-12-29-26/h1-3,6-13,15-16,18,23-24H,4-5,14H2,(H,29,31)(H,30,32)/t23-,24+/m0/s1. The minimum Gasteiger partial charge on any atom is -0.326 e. The Morgan fingerprint density at radius 3 is 2.54 bits per heavy atom. The fourth-order valence-corrected chi connectivity index (χ4v) is 5.59. The summed E-state index contributed by atoms with van der Waals surface area (Å²) in [5.41, 5.74) is 3.02. The SMILES string of the molecule is O=C(Nc1ccc2cncc(C3CC3)c2c1)[C@@H]1C[C@H]1c1ccc(S(=O)(=O)Nc2ccccn2)cc1. The Morgan fingerprint density at radius 2 is 1.80 bits per heavy atom. The molecule has 6 rings (SSSR count). The van der Waals surface area contributed by atoms with Crippen molar-refractivity contribution in [2.45, 2.75) is 36.0 Å². The van der Waals surface area contributed by atoms with Crippen molar-refractivity contribution in [1.82, 2.24) is 9.97 Å². The molecule has 2 saturated carbocycles. The topological polar surface area (TPSA) is 101 Å². The lowest BCUT2D eigenvalue weighted by Crippen LogP contribution is -2.15. The van der Waals surface area contributed by atoms with Crippen molar-refractivity contribution in [3.63, 3.8) is 0 Å². The predicted molar refractivity (Wildman–Crippen MR) is 135 cm³/mol. The van der Waals surface area contributed by atoms with Crippen LogP contribution >= 0.6 is 0 Å². The van der Waals surface area contributed by atoms with Gasteiger partial charge < -0.3 is 5.32 Å². The number of carbonyl (C=O) groups is 1. The maximum absolute atomic E-state index is 12.9. The maximum atomic E-state index is 12.9. The van der Waals surface area contributed by atoms with Crippen molar-refractivity contribution in [1.29, 1.82) is 0 Å². The summed E-state index contributed by atoms with van der Waals surface area (Å²) < 4.78 is 27.7. The van der Waals surface area contributed by atoms with Crippen molar-refractivity contribution < 1.29 is 13.2 Å². The van der Waals surface area contributed by atoms with Gasteiger partial charge in [0.25, 0.3) is 10.0 Å². The number of aromatic nitrogens is 2. The molecule has 2 aromatic heterocycles. The van der Waals surface area contributed by atoms with Crippen LogP contribution in [0, 0.1) is 5.92 Å².